The Balaban J connectivity index is 2.10. The summed E-state index contributed by atoms with van der Waals surface area (Å²) in [4.78, 5) is 52.8. The molecule has 11 heteroatoms. The minimum atomic E-state index is -4.90. The topological polar surface area (TPSA) is 131 Å². The van der Waals surface area contributed by atoms with Gasteiger partial charge in [-0.2, -0.15) is 4.67 Å². The fourth-order valence-corrected chi connectivity index (χ4v) is 5.72. The summed E-state index contributed by atoms with van der Waals surface area (Å²) in [5.74, 6) is -2.51. The van der Waals surface area contributed by atoms with Gasteiger partial charge in [0.25, 0.3) is 0 Å². The van der Waals surface area contributed by atoms with Gasteiger partial charge in [0.05, 0.1) is 11.9 Å². The fourth-order valence-electron chi connectivity index (χ4n) is 3.90. The molecule has 0 aliphatic rings. The number of thiophene rings is 1. The molecular formula is C24H28N3O6PS. The third-order valence-electron chi connectivity index (χ3n) is 5.47. The number of hydrogen-bond donors (Lipinski definition) is 3. The van der Waals surface area contributed by atoms with Gasteiger partial charge in [-0.05, 0) is 35.1 Å². The van der Waals surface area contributed by atoms with Crippen LogP contribution in [0.25, 0.3) is 0 Å². The molecule has 3 aromatic rings. The number of carbonyl (C=O) groups excluding carboxylic acids is 1. The van der Waals surface area contributed by atoms with Gasteiger partial charge in [-0.15, -0.1) is 11.3 Å². The first-order valence-corrected chi connectivity index (χ1v) is 13.4. The average molecular weight is 518 g/mol. The second kappa shape index (κ2) is 11.7. The molecule has 0 spiro atoms. The number of anilines is 1. The highest BCUT2D eigenvalue weighted by Crippen LogP contribution is 2.45. The Kier molecular flexibility index (Phi) is 8.93. The van der Waals surface area contributed by atoms with Crippen LogP contribution in [0.3, 0.4) is 0 Å². The van der Waals surface area contributed by atoms with E-state index in [9.17, 15) is 29.0 Å². The van der Waals surface area contributed by atoms with Crippen LogP contribution in [0.15, 0.2) is 72.4 Å². The van der Waals surface area contributed by atoms with Crippen molar-refractivity contribution in [3.63, 3.8) is 0 Å². The van der Waals surface area contributed by atoms with Gasteiger partial charge in [0.2, 0.25) is 5.91 Å². The monoisotopic (exact) mass is 517 g/mol. The van der Waals surface area contributed by atoms with Gasteiger partial charge < -0.3 is 14.9 Å². The van der Waals surface area contributed by atoms with Crippen molar-refractivity contribution in [2.45, 2.75) is 38.9 Å². The summed E-state index contributed by atoms with van der Waals surface area (Å²) in [7, 11) is -4.90. The fraction of sp³-hybridized carbons (Fsp3) is 0.292. The number of rotatable bonds is 11. The molecule has 0 fully saturated rings. The van der Waals surface area contributed by atoms with Crippen molar-refractivity contribution in [3.8, 4) is 0 Å². The van der Waals surface area contributed by atoms with Crippen molar-refractivity contribution in [2.75, 3.05) is 4.90 Å². The summed E-state index contributed by atoms with van der Waals surface area (Å²) < 4.78 is 13.4. The highest BCUT2D eigenvalue weighted by Gasteiger charge is 2.44. The first kappa shape index (κ1) is 26.7. The molecule has 2 heterocycles. The zero-order valence-corrected chi connectivity index (χ0v) is 21.0. The molecule has 35 heavy (non-hydrogen) atoms. The van der Waals surface area contributed by atoms with Crippen LogP contribution in [0.1, 0.15) is 24.3 Å². The minimum absolute atomic E-state index is 0.00244. The molecule has 3 N–H and O–H groups in total. The number of aromatic nitrogens is 1. The quantitative estimate of drug-likeness (QED) is 0.328. The summed E-state index contributed by atoms with van der Waals surface area (Å²) in [5.41, 5.74) is 0.932. The van der Waals surface area contributed by atoms with Crippen LogP contribution < -0.4 is 4.90 Å². The Morgan fingerprint density at radius 2 is 1.77 bits per heavy atom. The molecule has 0 bridgehead atoms. The summed E-state index contributed by atoms with van der Waals surface area (Å²) in [6, 6.07) is 12.9. The molecule has 2 unspecified atom stereocenters. The highest BCUT2D eigenvalue weighted by molar-refractivity contribution is 7.49. The second-order valence-corrected chi connectivity index (χ2v) is 10.9. The summed E-state index contributed by atoms with van der Waals surface area (Å²) in [6.45, 7) is 3.19. The van der Waals surface area contributed by atoms with Gasteiger partial charge in [0, 0.05) is 24.0 Å². The largest absolute Gasteiger partial charge is 0.480 e. The van der Waals surface area contributed by atoms with E-state index in [1.807, 2.05) is 0 Å². The Morgan fingerprint density at radius 3 is 2.29 bits per heavy atom. The maximum absolute atomic E-state index is 14.1. The molecule has 0 saturated heterocycles. The highest BCUT2D eigenvalue weighted by atomic mass is 32.1. The van der Waals surface area contributed by atoms with E-state index in [-0.39, 0.29) is 18.7 Å². The van der Waals surface area contributed by atoms with E-state index in [2.05, 4.69) is 4.98 Å². The molecule has 0 saturated carbocycles. The van der Waals surface area contributed by atoms with Crippen LogP contribution in [0, 0.1) is 5.92 Å². The van der Waals surface area contributed by atoms with E-state index in [1.54, 1.807) is 73.8 Å². The van der Waals surface area contributed by atoms with E-state index in [1.165, 1.54) is 23.7 Å². The molecule has 1 amide bonds. The number of carbonyl (C=O) groups is 2. The summed E-state index contributed by atoms with van der Waals surface area (Å²) in [6.07, 6.45) is 2.87. The number of pyridine rings is 1. The van der Waals surface area contributed by atoms with E-state index in [0.29, 0.717) is 10.4 Å². The number of benzene rings is 1. The number of aliphatic carboxylic acids is 1. The minimum Gasteiger partial charge on any atom is -0.480 e. The zero-order chi connectivity index (χ0) is 25.6. The molecular weight excluding hydrogens is 489 g/mol. The molecule has 0 aliphatic carbocycles. The van der Waals surface area contributed by atoms with Crippen LogP contribution in [-0.2, 0) is 27.1 Å². The third kappa shape index (κ3) is 6.84. The molecule has 3 rings (SSSR count). The molecule has 9 nitrogen and oxygen atoms in total. The standard InChI is InChI=1S/C24H28N3O6PS/c1-17(2)22(26(34(31,32)33)16-20-11-7-13-35-20)23(28)27(19-10-6-12-25-15-19)21(24(29)30)14-18-8-4-3-5-9-18/h3-13,15,17,21-22H,14,16H2,1-2H3,(H,29,30)(H2,31,32,33). The molecule has 186 valence electrons. The molecule has 2 atom stereocenters. The van der Waals surface area contributed by atoms with Crippen molar-refractivity contribution in [2.24, 2.45) is 5.92 Å². The lowest BCUT2D eigenvalue weighted by Gasteiger charge is -2.38. The summed E-state index contributed by atoms with van der Waals surface area (Å²) >= 11 is 1.31. The third-order valence-corrected chi connectivity index (χ3v) is 7.39. The van der Waals surface area contributed by atoms with Gasteiger partial charge in [-0.3, -0.25) is 14.7 Å². The number of hydrogen-bond acceptors (Lipinski definition) is 5. The zero-order valence-electron chi connectivity index (χ0n) is 19.3. The number of carboxylic acid groups (broad SMARTS) is 1. The maximum Gasteiger partial charge on any atom is 0.404 e. The first-order chi connectivity index (χ1) is 16.6. The normalized spacial score (nSPS) is 13.5. The van der Waals surface area contributed by atoms with Gasteiger partial charge in [-0.25, -0.2) is 9.36 Å². The van der Waals surface area contributed by atoms with E-state index >= 15 is 0 Å². The van der Waals surface area contributed by atoms with Crippen LogP contribution in [0.5, 0.6) is 0 Å². The molecule has 0 radical (unpaired) electrons. The smallest absolute Gasteiger partial charge is 0.404 e. The predicted molar refractivity (Wildman–Crippen MR) is 134 cm³/mol. The molecule has 0 aliphatic heterocycles. The Labute approximate surface area is 207 Å². The molecule has 2 aromatic heterocycles. The Hall–Kier alpha value is -2.88. The van der Waals surface area contributed by atoms with E-state index < -0.39 is 37.6 Å². The van der Waals surface area contributed by atoms with Crippen molar-refractivity contribution in [1.82, 2.24) is 9.65 Å². The van der Waals surface area contributed by atoms with Gasteiger partial charge in [0.1, 0.15) is 12.1 Å². The van der Waals surface area contributed by atoms with Gasteiger partial charge in [0.15, 0.2) is 0 Å². The van der Waals surface area contributed by atoms with Crippen molar-refractivity contribution >= 4 is 36.6 Å². The van der Waals surface area contributed by atoms with E-state index in [4.69, 9.17) is 0 Å². The molecule has 1 aromatic carbocycles. The number of amides is 1. The first-order valence-electron chi connectivity index (χ1n) is 10.9. The maximum atomic E-state index is 14.1. The van der Waals surface area contributed by atoms with Crippen LogP contribution >= 0.6 is 19.1 Å². The average Bonchev–Trinajstić information content (AvgIpc) is 3.32. The SMILES string of the molecule is CC(C)C(C(=O)N(c1cccnc1)C(Cc1ccccc1)C(=O)O)N(Cc1cccs1)P(=O)(O)O. The van der Waals surface area contributed by atoms with Crippen molar-refractivity contribution in [3.05, 3.63) is 82.8 Å². The predicted octanol–water partition coefficient (Wildman–Crippen LogP) is 3.79. The lowest BCUT2D eigenvalue weighted by molar-refractivity contribution is -0.140. The second-order valence-electron chi connectivity index (χ2n) is 8.34. The van der Waals surface area contributed by atoms with Gasteiger partial charge >= 0.3 is 13.7 Å². The van der Waals surface area contributed by atoms with Crippen molar-refractivity contribution < 1.29 is 29.0 Å². The Morgan fingerprint density at radius 1 is 1.06 bits per heavy atom. The van der Waals surface area contributed by atoms with Gasteiger partial charge in [-0.1, -0.05) is 50.2 Å². The van der Waals surface area contributed by atoms with Crippen LogP contribution in [0.2, 0.25) is 0 Å². The lowest BCUT2D eigenvalue weighted by atomic mass is 9.98. The van der Waals surface area contributed by atoms with E-state index in [0.717, 1.165) is 9.57 Å². The van der Waals surface area contributed by atoms with Crippen LogP contribution in [-0.4, -0.2) is 48.5 Å². The van der Waals surface area contributed by atoms with Crippen LogP contribution in [0.4, 0.5) is 5.69 Å². The number of carboxylic acids is 1. The Bertz CT molecular complexity index is 1150. The number of nitrogens with zero attached hydrogens (tertiary/aromatic N) is 3. The lowest BCUT2D eigenvalue weighted by Crippen LogP contribution is -2.55. The van der Waals surface area contributed by atoms with Crippen molar-refractivity contribution in [1.29, 1.82) is 0 Å². The summed E-state index contributed by atoms with van der Waals surface area (Å²) in [5, 5.41) is 11.9.